The number of fused-ring (bicyclic) bond motifs is 1. The molecule has 0 saturated carbocycles. The van der Waals surface area contributed by atoms with Crippen molar-refractivity contribution in [2.75, 3.05) is 25.0 Å². The molecule has 2 N–H and O–H groups in total. The molecule has 1 unspecified atom stereocenters. The lowest BCUT2D eigenvalue weighted by Crippen LogP contribution is -2.31. The maximum atomic E-state index is 13.6. The molecule has 0 spiro atoms. The Bertz CT molecular complexity index is 936. The number of halogens is 2. The van der Waals surface area contributed by atoms with Gasteiger partial charge in [0.15, 0.2) is 0 Å². The summed E-state index contributed by atoms with van der Waals surface area (Å²) in [5.41, 5.74) is 2.61. The topological polar surface area (TPSA) is 48.1 Å². The van der Waals surface area contributed by atoms with Gasteiger partial charge in [-0.15, -0.1) is 0 Å². The summed E-state index contributed by atoms with van der Waals surface area (Å²) in [6, 6.07) is 10.5. The fourth-order valence-electron chi connectivity index (χ4n) is 3.62. The Morgan fingerprint density at radius 3 is 2.73 bits per heavy atom. The van der Waals surface area contributed by atoms with Gasteiger partial charge in [0.25, 0.3) is 0 Å². The van der Waals surface area contributed by atoms with Crippen molar-refractivity contribution in [1.82, 2.24) is 9.88 Å². The predicted octanol–water partition coefficient (Wildman–Crippen LogP) is 3.87. The first-order valence-corrected chi connectivity index (χ1v) is 8.63. The Morgan fingerprint density at radius 1 is 1.15 bits per heavy atom. The van der Waals surface area contributed by atoms with Gasteiger partial charge in [-0.1, -0.05) is 0 Å². The molecule has 4 rings (SSSR count). The molecular formula is C20H19F2N3O. The molecule has 1 aromatic heterocycles. The van der Waals surface area contributed by atoms with Crippen LogP contribution in [0.4, 0.5) is 14.5 Å². The van der Waals surface area contributed by atoms with Gasteiger partial charge in [0.2, 0.25) is 5.91 Å². The van der Waals surface area contributed by atoms with E-state index in [1.54, 1.807) is 24.3 Å². The Morgan fingerprint density at radius 2 is 1.92 bits per heavy atom. The van der Waals surface area contributed by atoms with Gasteiger partial charge in [-0.2, -0.15) is 0 Å². The highest BCUT2D eigenvalue weighted by Gasteiger charge is 2.27. The first-order chi connectivity index (χ1) is 12.6. The van der Waals surface area contributed by atoms with E-state index in [9.17, 15) is 13.6 Å². The van der Waals surface area contributed by atoms with E-state index in [1.807, 2.05) is 6.20 Å². The molecule has 1 atom stereocenters. The van der Waals surface area contributed by atoms with Crippen LogP contribution >= 0.6 is 0 Å². The van der Waals surface area contributed by atoms with Crippen LogP contribution in [0.2, 0.25) is 0 Å². The van der Waals surface area contributed by atoms with Crippen LogP contribution in [-0.2, 0) is 4.79 Å². The van der Waals surface area contributed by atoms with Crippen LogP contribution in [-0.4, -0.2) is 35.4 Å². The molecule has 1 aliphatic heterocycles. The van der Waals surface area contributed by atoms with E-state index in [-0.39, 0.29) is 30.0 Å². The van der Waals surface area contributed by atoms with E-state index >= 15 is 0 Å². The van der Waals surface area contributed by atoms with E-state index in [0.29, 0.717) is 5.69 Å². The molecule has 4 nitrogen and oxygen atoms in total. The third-order valence-electron chi connectivity index (χ3n) is 4.88. The summed E-state index contributed by atoms with van der Waals surface area (Å²) in [5.74, 6) is -0.432. The highest BCUT2D eigenvalue weighted by Crippen LogP contribution is 2.32. The van der Waals surface area contributed by atoms with Crippen LogP contribution in [0.25, 0.3) is 10.9 Å². The van der Waals surface area contributed by atoms with Crippen molar-refractivity contribution in [1.29, 1.82) is 0 Å². The zero-order valence-corrected chi connectivity index (χ0v) is 14.1. The van der Waals surface area contributed by atoms with Gasteiger partial charge in [0, 0.05) is 29.3 Å². The van der Waals surface area contributed by atoms with E-state index in [2.05, 4.69) is 15.2 Å². The number of amides is 1. The van der Waals surface area contributed by atoms with Gasteiger partial charge in [-0.25, -0.2) is 8.78 Å². The lowest BCUT2D eigenvalue weighted by molar-refractivity contribution is -0.117. The number of likely N-dealkylation sites (tertiary alicyclic amines) is 1. The number of carbonyl (C=O) groups is 1. The molecule has 0 radical (unpaired) electrons. The van der Waals surface area contributed by atoms with Gasteiger partial charge in [0.05, 0.1) is 6.54 Å². The van der Waals surface area contributed by atoms with Gasteiger partial charge < -0.3 is 10.3 Å². The number of aromatic amines is 1. The van der Waals surface area contributed by atoms with Crippen molar-refractivity contribution in [3.05, 3.63) is 65.9 Å². The molecular weight excluding hydrogens is 336 g/mol. The summed E-state index contributed by atoms with van der Waals surface area (Å²) in [7, 11) is 0. The second-order valence-corrected chi connectivity index (χ2v) is 6.71. The normalized spacial score (nSPS) is 17.7. The van der Waals surface area contributed by atoms with Crippen molar-refractivity contribution in [2.24, 2.45) is 0 Å². The number of nitrogens with zero attached hydrogens (tertiary/aromatic N) is 1. The van der Waals surface area contributed by atoms with Gasteiger partial charge in [-0.05, 0) is 66.9 Å². The van der Waals surface area contributed by atoms with Crippen LogP contribution < -0.4 is 5.32 Å². The summed E-state index contributed by atoms with van der Waals surface area (Å²) < 4.78 is 26.5. The molecule has 6 heteroatoms. The lowest BCUT2D eigenvalue weighted by Gasteiger charge is -2.15. The number of aromatic nitrogens is 1. The van der Waals surface area contributed by atoms with Crippen LogP contribution in [0, 0.1) is 11.6 Å². The van der Waals surface area contributed by atoms with Crippen molar-refractivity contribution < 1.29 is 13.6 Å². The van der Waals surface area contributed by atoms with E-state index < -0.39 is 0 Å². The maximum Gasteiger partial charge on any atom is 0.238 e. The third kappa shape index (κ3) is 3.46. The number of H-pyrrole nitrogens is 1. The van der Waals surface area contributed by atoms with Crippen molar-refractivity contribution in [3.8, 4) is 0 Å². The largest absolute Gasteiger partial charge is 0.361 e. The van der Waals surface area contributed by atoms with Crippen molar-refractivity contribution >= 4 is 22.5 Å². The van der Waals surface area contributed by atoms with E-state index in [0.717, 1.165) is 36.0 Å². The fourth-order valence-corrected chi connectivity index (χ4v) is 3.62. The first kappa shape index (κ1) is 16.7. The Hall–Kier alpha value is -2.73. The van der Waals surface area contributed by atoms with E-state index in [1.165, 1.54) is 18.2 Å². The molecule has 1 amide bonds. The zero-order chi connectivity index (χ0) is 18.1. The minimum atomic E-state index is -0.333. The Balaban J connectivity index is 1.39. The highest BCUT2D eigenvalue weighted by molar-refractivity contribution is 5.92. The number of anilines is 1. The molecule has 0 aliphatic carbocycles. The van der Waals surface area contributed by atoms with E-state index in [4.69, 9.17) is 0 Å². The Labute approximate surface area is 149 Å². The number of nitrogens with one attached hydrogen (secondary N) is 2. The minimum absolute atomic E-state index is 0.123. The van der Waals surface area contributed by atoms with Gasteiger partial charge in [0.1, 0.15) is 11.6 Å². The first-order valence-electron chi connectivity index (χ1n) is 8.63. The molecule has 1 aliphatic rings. The molecule has 3 aromatic rings. The second-order valence-electron chi connectivity index (χ2n) is 6.71. The number of hydrogen-bond donors (Lipinski definition) is 2. The number of rotatable bonds is 4. The van der Waals surface area contributed by atoms with Crippen molar-refractivity contribution in [3.63, 3.8) is 0 Å². The SMILES string of the molecule is O=C(CN1CCC(c2c[nH]c3ccc(F)cc23)C1)Nc1ccc(F)cc1. The molecule has 26 heavy (non-hydrogen) atoms. The molecule has 1 fully saturated rings. The smallest absolute Gasteiger partial charge is 0.238 e. The molecule has 134 valence electrons. The van der Waals surface area contributed by atoms with Crippen LogP contribution in [0.3, 0.4) is 0 Å². The summed E-state index contributed by atoms with van der Waals surface area (Å²) >= 11 is 0. The molecule has 1 saturated heterocycles. The minimum Gasteiger partial charge on any atom is -0.361 e. The average Bonchev–Trinajstić information content (AvgIpc) is 3.23. The van der Waals surface area contributed by atoms with Crippen LogP contribution in [0.15, 0.2) is 48.7 Å². The zero-order valence-electron chi connectivity index (χ0n) is 14.1. The summed E-state index contributed by atoms with van der Waals surface area (Å²) in [6.07, 6.45) is 2.87. The number of benzene rings is 2. The number of hydrogen-bond acceptors (Lipinski definition) is 2. The van der Waals surface area contributed by atoms with Gasteiger partial charge >= 0.3 is 0 Å². The van der Waals surface area contributed by atoms with Crippen molar-refractivity contribution in [2.45, 2.75) is 12.3 Å². The fraction of sp³-hybridized carbons (Fsp3) is 0.250. The molecule has 2 heterocycles. The highest BCUT2D eigenvalue weighted by atomic mass is 19.1. The lowest BCUT2D eigenvalue weighted by atomic mass is 9.98. The quantitative estimate of drug-likeness (QED) is 0.746. The Kier molecular flexibility index (Phi) is 4.42. The predicted molar refractivity (Wildman–Crippen MR) is 97.1 cm³/mol. The van der Waals surface area contributed by atoms with Crippen LogP contribution in [0.5, 0.6) is 0 Å². The summed E-state index contributed by atoms with van der Waals surface area (Å²) in [4.78, 5) is 17.5. The summed E-state index contributed by atoms with van der Waals surface area (Å²) in [5, 5.41) is 3.69. The monoisotopic (exact) mass is 355 g/mol. The van der Waals surface area contributed by atoms with Gasteiger partial charge in [-0.3, -0.25) is 9.69 Å². The molecule has 0 bridgehead atoms. The van der Waals surface area contributed by atoms with Crippen LogP contribution in [0.1, 0.15) is 17.9 Å². The average molecular weight is 355 g/mol. The second kappa shape index (κ2) is 6.88. The standard InChI is InChI=1S/C20H19F2N3O/c21-14-1-4-16(5-2-14)24-20(26)12-25-8-7-13(11-25)18-10-23-19-6-3-15(22)9-17(18)19/h1-6,9-10,13,23H,7-8,11-12H2,(H,24,26). The third-order valence-corrected chi connectivity index (χ3v) is 4.88. The molecule has 2 aromatic carbocycles. The summed E-state index contributed by atoms with van der Waals surface area (Å²) in [6.45, 7) is 1.84. The number of carbonyl (C=O) groups excluding carboxylic acids is 1. The maximum absolute atomic E-state index is 13.6.